The molecule has 122 valence electrons. The van der Waals surface area contributed by atoms with Crippen molar-refractivity contribution in [1.82, 2.24) is 0 Å². The van der Waals surface area contributed by atoms with Crippen LogP contribution in [0, 0.1) is 0 Å². The normalized spacial score (nSPS) is 48.3. The first-order valence-electron chi connectivity index (χ1n) is 7.26. The minimum absolute atomic E-state index is 0.344. The summed E-state index contributed by atoms with van der Waals surface area (Å²) >= 11 is 0. The molecule has 3 aliphatic rings. The average Bonchev–Trinajstić information content (AvgIpc) is 2.67. The molecular formula is C14H24O7. The van der Waals surface area contributed by atoms with Crippen LogP contribution in [0.15, 0.2) is 0 Å². The molecule has 3 saturated heterocycles. The van der Waals surface area contributed by atoms with Crippen molar-refractivity contribution in [2.24, 2.45) is 0 Å². The number of rotatable bonds is 1. The Morgan fingerprint density at radius 3 is 2.24 bits per heavy atom. The molecule has 0 saturated carbocycles. The van der Waals surface area contributed by atoms with E-state index in [4.69, 9.17) is 28.4 Å². The molecule has 1 N–H and O–H groups in total. The molecule has 0 aromatic carbocycles. The van der Waals surface area contributed by atoms with E-state index in [1.54, 1.807) is 0 Å². The fourth-order valence-corrected chi connectivity index (χ4v) is 3.15. The van der Waals surface area contributed by atoms with E-state index in [0.29, 0.717) is 6.61 Å². The first-order chi connectivity index (χ1) is 9.72. The summed E-state index contributed by atoms with van der Waals surface area (Å²) in [7, 11) is 1.48. The van der Waals surface area contributed by atoms with Gasteiger partial charge in [-0.3, -0.25) is 0 Å². The van der Waals surface area contributed by atoms with Gasteiger partial charge < -0.3 is 33.5 Å². The maximum Gasteiger partial charge on any atom is 0.186 e. The average molecular weight is 304 g/mol. The van der Waals surface area contributed by atoms with E-state index < -0.39 is 42.3 Å². The van der Waals surface area contributed by atoms with Crippen LogP contribution in [0.25, 0.3) is 0 Å². The highest BCUT2D eigenvalue weighted by molar-refractivity contribution is 5.00. The molecule has 7 nitrogen and oxygen atoms in total. The van der Waals surface area contributed by atoms with Crippen molar-refractivity contribution >= 4 is 0 Å². The third-order valence-corrected chi connectivity index (χ3v) is 4.03. The van der Waals surface area contributed by atoms with Gasteiger partial charge in [0.25, 0.3) is 0 Å². The van der Waals surface area contributed by atoms with Crippen LogP contribution >= 0.6 is 0 Å². The van der Waals surface area contributed by atoms with Crippen molar-refractivity contribution in [2.45, 2.75) is 76.1 Å². The molecule has 3 aliphatic heterocycles. The standard InChI is InChI=1S/C14H24O7/c1-13(2)17-6-7-9(19-13)11-10(20-14(3,4)21-11)8(15)12(16-5)18-7/h7-12,15H,6H2,1-5H3/t7?,8-,9+,10?,11-,12-/m0/s1. The lowest BCUT2D eigenvalue weighted by Crippen LogP contribution is -2.55. The molecule has 3 heterocycles. The number of ether oxygens (including phenoxy) is 6. The highest BCUT2D eigenvalue weighted by Gasteiger charge is 2.58. The van der Waals surface area contributed by atoms with Crippen LogP contribution in [0.4, 0.5) is 0 Å². The number of fused-ring (bicyclic) bond motifs is 3. The summed E-state index contributed by atoms with van der Waals surface area (Å²) in [5, 5.41) is 10.5. The Bertz CT molecular complexity index is 397. The van der Waals surface area contributed by atoms with Crippen LogP contribution < -0.4 is 0 Å². The summed E-state index contributed by atoms with van der Waals surface area (Å²) in [6.07, 6.45) is -3.56. The maximum atomic E-state index is 10.5. The first-order valence-corrected chi connectivity index (χ1v) is 7.26. The maximum absolute atomic E-state index is 10.5. The lowest BCUT2D eigenvalue weighted by atomic mass is 10.00. The quantitative estimate of drug-likeness (QED) is 0.751. The first kappa shape index (κ1) is 15.6. The van der Waals surface area contributed by atoms with Gasteiger partial charge in [0.2, 0.25) is 0 Å². The molecule has 0 aromatic heterocycles. The number of aliphatic hydroxyl groups excluding tert-OH is 1. The summed E-state index contributed by atoms with van der Waals surface area (Å²) < 4.78 is 34.5. The topological polar surface area (TPSA) is 75.6 Å². The predicted molar refractivity (Wildman–Crippen MR) is 70.4 cm³/mol. The third-order valence-electron chi connectivity index (χ3n) is 4.03. The predicted octanol–water partition coefficient (Wildman–Crippen LogP) is 0.390. The van der Waals surface area contributed by atoms with Gasteiger partial charge >= 0.3 is 0 Å². The molecule has 0 radical (unpaired) electrons. The fraction of sp³-hybridized carbons (Fsp3) is 1.00. The van der Waals surface area contributed by atoms with Gasteiger partial charge in [-0.15, -0.1) is 0 Å². The zero-order valence-corrected chi connectivity index (χ0v) is 13.1. The second-order valence-electron chi connectivity index (χ2n) is 6.63. The van der Waals surface area contributed by atoms with Gasteiger partial charge in [-0.25, -0.2) is 0 Å². The Balaban J connectivity index is 1.92. The molecule has 0 amide bonds. The molecule has 0 bridgehead atoms. The Hall–Kier alpha value is -0.280. The lowest BCUT2D eigenvalue weighted by Gasteiger charge is -2.42. The van der Waals surface area contributed by atoms with Gasteiger partial charge in [0.1, 0.15) is 30.5 Å². The Morgan fingerprint density at radius 2 is 1.57 bits per heavy atom. The fourth-order valence-electron chi connectivity index (χ4n) is 3.15. The lowest BCUT2D eigenvalue weighted by molar-refractivity contribution is -0.340. The molecule has 3 rings (SSSR count). The van der Waals surface area contributed by atoms with Crippen molar-refractivity contribution in [2.75, 3.05) is 13.7 Å². The summed E-state index contributed by atoms with van der Waals surface area (Å²) in [5.74, 6) is -1.52. The Labute approximate surface area is 124 Å². The van der Waals surface area contributed by atoms with Crippen molar-refractivity contribution in [3.8, 4) is 0 Å². The van der Waals surface area contributed by atoms with Crippen molar-refractivity contribution in [3.63, 3.8) is 0 Å². The van der Waals surface area contributed by atoms with Gasteiger partial charge in [0.15, 0.2) is 17.9 Å². The number of aliphatic hydroxyl groups is 1. The summed E-state index contributed by atoms with van der Waals surface area (Å²) in [6.45, 7) is 7.66. The van der Waals surface area contributed by atoms with Gasteiger partial charge in [0, 0.05) is 7.11 Å². The summed E-state index contributed by atoms with van der Waals surface area (Å²) in [4.78, 5) is 0. The van der Waals surface area contributed by atoms with Crippen LogP contribution in [0.2, 0.25) is 0 Å². The third kappa shape index (κ3) is 2.84. The molecular weight excluding hydrogens is 280 g/mol. The molecule has 0 aliphatic carbocycles. The molecule has 7 heteroatoms. The minimum Gasteiger partial charge on any atom is -0.385 e. The SMILES string of the molecule is CO[C@H]1OC2COC(C)(C)O[C@H]2[C@@H]2OC(C)(C)OC2[C@@H]1O. The zero-order valence-electron chi connectivity index (χ0n) is 13.1. The molecule has 3 fully saturated rings. The Morgan fingerprint density at radius 1 is 0.952 bits per heavy atom. The second-order valence-corrected chi connectivity index (χ2v) is 6.63. The van der Waals surface area contributed by atoms with Crippen LogP contribution in [-0.2, 0) is 28.4 Å². The highest BCUT2D eigenvalue weighted by Crippen LogP contribution is 2.40. The van der Waals surface area contributed by atoms with Gasteiger partial charge in [-0.2, -0.15) is 0 Å². The highest BCUT2D eigenvalue weighted by atomic mass is 16.8. The van der Waals surface area contributed by atoms with E-state index in [-0.39, 0.29) is 6.10 Å². The minimum atomic E-state index is -0.959. The van der Waals surface area contributed by atoms with Crippen molar-refractivity contribution in [3.05, 3.63) is 0 Å². The molecule has 21 heavy (non-hydrogen) atoms. The van der Waals surface area contributed by atoms with Crippen molar-refractivity contribution < 1.29 is 33.5 Å². The van der Waals surface area contributed by atoms with Gasteiger partial charge in [0.05, 0.1) is 6.61 Å². The second kappa shape index (κ2) is 5.13. The monoisotopic (exact) mass is 304 g/mol. The van der Waals surface area contributed by atoms with E-state index in [2.05, 4.69) is 0 Å². The van der Waals surface area contributed by atoms with Crippen LogP contribution in [0.5, 0.6) is 0 Å². The van der Waals surface area contributed by atoms with Gasteiger partial charge in [-0.1, -0.05) is 0 Å². The van der Waals surface area contributed by atoms with Crippen LogP contribution in [-0.4, -0.2) is 67.2 Å². The van der Waals surface area contributed by atoms with E-state index in [1.165, 1.54) is 7.11 Å². The van der Waals surface area contributed by atoms with E-state index in [0.717, 1.165) is 0 Å². The van der Waals surface area contributed by atoms with Crippen LogP contribution in [0.3, 0.4) is 0 Å². The molecule has 0 spiro atoms. The molecule has 0 aromatic rings. The summed E-state index contributed by atoms with van der Waals surface area (Å²) in [5.41, 5.74) is 0. The largest absolute Gasteiger partial charge is 0.385 e. The van der Waals surface area contributed by atoms with E-state index >= 15 is 0 Å². The molecule has 6 atom stereocenters. The number of hydrogen-bond acceptors (Lipinski definition) is 7. The number of methoxy groups -OCH3 is 1. The summed E-state index contributed by atoms with van der Waals surface area (Å²) in [6, 6.07) is 0. The van der Waals surface area contributed by atoms with E-state index in [1.807, 2.05) is 27.7 Å². The van der Waals surface area contributed by atoms with Crippen LogP contribution in [0.1, 0.15) is 27.7 Å². The Kier molecular flexibility index (Phi) is 3.81. The van der Waals surface area contributed by atoms with E-state index in [9.17, 15) is 5.11 Å². The number of hydrogen-bond donors (Lipinski definition) is 1. The van der Waals surface area contributed by atoms with Crippen molar-refractivity contribution in [1.29, 1.82) is 0 Å². The smallest absolute Gasteiger partial charge is 0.186 e. The van der Waals surface area contributed by atoms with Gasteiger partial charge in [-0.05, 0) is 27.7 Å². The zero-order chi connectivity index (χ0) is 15.4. The molecule has 2 unspecified atom stereocenters.